The molecule has 0 spiro atoms. The minimum atomic E-state index is -0.394. The molecule has 17 heavy (non-hydrogen) atoms. The van der Waals surface area contributed by atoms with Crippen molar-refractivity contribution in [1.29, 1.82) is 0 Å². The number of hydrogen-bond donors (Lipinski definition) is 2. The topological polar surface area (TPSA) is 32.3 Å². The summed E-state index contributed by atoms with van der Waals surface area (Å²) in [5.74, 6) is 0. The molecule has 2 aliphatic rings. The Morgan fingerprint density at radius 2 is 1.76 bits per heavy atom. The number of hydrogen-bond acceptors (Lipinski definition) is 3. The standard InChI is InChI=1S/C14H27NOS/c1-17-13-7-5-12(6-8-13)15-11-14(16)9-3-2-4-10-14/h12-13,15-16H,2-11H2,1H3. The fourth-order valence-corrected chi connectivity index (χ4v) is 3.97. The van der Waals surface area contributed by atoms with Gasteiger partial charge in [-0.3, -0.25) is 0 Å². The lowest BCUT2D eigenvalue weighted by molar-refractivity contribution is 0.00175. The minimum Gasteiger partial charge on any atom is -0.389 e. The Kier molecular flexibility index (Phi) is 5.19. The third-order valence-corrected chi connectivity index (χ3v) is 5.65. The van der Waals surface area contributed by atoms with E-state index in [0.717, 1.165) is 24.6 Å². The lowest BCUT2D eigenvalue weighted by atomic mass is 9.84. The molecule has 0 radical (unpaired) electrons. The Balaban J connectivity index is 1.68. The number of aliphatic hydroxyl groups is 1. The number of thioether (sulfide) groups is 1. The fraction of sp³-hybridized carbons (Fsp3) is 1.00. The van der Waals surface area contributed by atoms with Crippen LogP contribution in [0.1, 0.15) is 57.8 Å². The molecular formula is C14H27NOS. The third-order valence-electron chi connectivity index (χ3n) is 4.51. The van der Waals surface area contributed by atoms with E-state index in [-0.39, 0.29) is 0 Å². The molecule has 0 heterocycles. The summed E-state index contributed by atoms with van der Waals surface area (Å²) >= 11 is 2.02. The van der Waals surface area contributed by atoms with E-state index in [1.54, 1.807) is 0 Å². The summed E-state index contributed by atoms with van der Waals surface area (Å²) in [5.41, 5.74) is -0.394. The zero-order valence-corrected chi connectivity index (χ0v) is 11.9. The maximum Gasteiger partial charge on any atom is 0.0771 e. The van der Waals surface area contributed by atoms with Gasteiger partial charge >= 0.3 is 0 Å². The van der Waals surface area contributed by atoms with Crippen molar-refractivity contribution in [2.45, 2.75) is 74.7 Å². The van der Waals surface area contributed by atoms with Crippen LogP contribution in [0.3, 0.4) is 0 Å². The van der Waals surface area contributed by atoms with Gasteiger partial charge < -0.3 is 10.4 Å². The summed E-state index contributed by atoms with van der Waals surface area (Å²) in [6, 6.07) is 0.657. The van der Waals surface area contributed by atoms with E-state index < -0.39 is 5.60 Å². The van der Waals surface area contributed by atoms with E-state index in [1.807, 2.05) is 11.8 Å². The normalized spacial score (nSPS) is 33.5. The maximum absolute atomic E-state index is 10.4. The third kappa shape index (κ3) is 4.15. The summed E-state index contributed by atoms with van der Waals surface area (Å²) in [4.78, 5) is 0. The molecule has 2 nitrogen and oxygen atoms in total. The summed E-state index contributed by atoms with van der Waals surface area (Å²) in [7, 11) is 0. The molecule has 0 aromatic carbocycles. The van der Waals surface area contributed by atoms with Crippen LogP contribution in [0.4, 0.5) is 0 Å². The van der Waals surface area contributed by atoms with Crippen molar-refractivity contribution < 1.29 is 5.11 Å². The Morgan fingerprint density at radius 1 is 1.12 bits per heavy atom. The van der Waals surface area contributed by atoms with E-state index in [1.165, 1.54) is 44.9 Å². The Hall–Kier alpha value is 0.270. The molecule has 0 aliphatic heterocycles. The van der Waals surface area contributed by atoms with Gasteiger partial charge in [-0.1, -0.05) is 19.3 Å². The largest absolute Gasteiger partial charge is 0.389 e. The van der Waals surface area contributed by atoms with Crippen molar-refractivity contribution in [2.75, 3.05) is 12.8 Å². The Bertz CT molecular complexity index is 220. The second kappa shape index (κ2) is 6.44. The molecule has 0 unspecified atom stereocenters. The first kappa shape index (κ1) is 13.7. The van der Waals surface area contributed by atoms with Crippen LogP contribution in [0.25, 0.3) is 0 Å². The highest BCUT2D eigenvalue weighted by atomic mass is 32.2. The van der Waals surface area contributed by atoms with Gasteiger partial charge in [-0.15, -0.1) is 0 Å². The molecule has 0 aromatic rings. The van der Waals surface area contributed by atoms with E-state index >= 15 is 0 Å². The van der Waals surface area contributed by atoms with Crippen molar-refractivity contribution in [3.63, 3.8) is 0 Å². The maximum atomic E-state index is 10.4. The molecule has 0 saturated heterocycles. The molecule has 0 bridgehead atoms. The van der Waals surface area contributed by atoms with Crippen molar-refractivity contribution in [3.8, 4) is 0 Å². The highest BCUT2D eigenvalue weighted by molar-refractivity contribution is 7.99. The lowest BCUT2D eigenvalue weighted by Gasteiger charge is -2.35. The van der Waals surface area contributed by atoms with Gasteiger partial charge in [0.15, 0.2) is 0 Å². The quantitative estimate of drug-likeness (QED) is 0.812. The van der Waals surface area contributed by atoms with Gasteiger partial charge in [0.05, 0.1) is 5.60 Å². The highest BCUT2D eigenvalue weighted by Gasteiger charge is 2.30. The molecule has 100 valence electrons. The Morgan fingerprint density at radius 3 is 2.35 bits per heavy atom. The lowest BCUT2D eigenvalue weighted by Crippen LogP contribution is -2.46. The van der Waals surface area contributed by atoms with E-state index in [9.17, 15) is 5.11 Å². The van der Waals surface area contributed by atoms with Crippen molar-refractivity contribution in [2.24, 2.45) is 0 Å². The highest BCUT2D eigenvalue weighted by Crippen LogP contribution is 2.29. The summed E-state index contributed by atoms with van der Waals surface area (Å²) in [6.45, 7) is 0.821. The van der Waals surface area contributed by atoms with Gasteiger partial charge in [-0.2, -0.15) is 11.8 Å². The average molecular weight is 257 g/mol. The predicted octanol–water partition coefficient (Wildman–Crippen LogP) is 2.95. The van der Waals surface area contributed by atoms with Gasteiger partial charge in [-0.25, -0.2) is 0 Å². The molecule has 2 fully saturated rings. The van der Waals surface area contributed by atoms with Crippen LogP contribution in [0.5, 0.6) is 0 Å². The fourth-order valence-electron chi connectivity index (χ4n) is 3.22. The van der Waals surface area contributed by atoms with Gasteiger partial charge in [0.2, 0.25) is 0 Å². The molecule has 0 amide bonds. The van der Waals surface area contributed by atoms with Gasteiger partial charge in [0.1, 0.15) is 0 Å². The van der Waals surface area contributed by atoms with Crippen molar-refractivity contribution in [3.05, 3.63) is 0 Å². The SMILES string of the molecule is CSC1CCC(NCC2(O)CCCCC2)CC1. The molecular weight excluding hydrogens is 230 g/mol. The Labute approximate surface area is 110 Å². The average Bonchev–Trinajstić information content (AvgIpc) is 2.38. The van der Waals surface area contributed by atoms with E-state index in [0.29, 0.717) is 6.04 Å². The molecule has 2 N–H and O–H groups in total. The smallest absolute Gasteiger partial charge is 0.0771 e. The van der Waals surface area contributed by atoms with Crippen LogP contribution in [0.2, 0.25) is 0 Å². The molecule has 2 rings (SSSR count). The zero-order valence-electron chi connectivity index (χ0n) is 11.1. The van der Waals surface area contributed by atoms with Crippen LogP contribution in [-0.2, 0) is 0 Å². The summed E-state index contributed by atoms with van der Waals surface area (Å²) < 4.78 is 0. The van der Waals surface area contributed by atoms with Crippen LogP contribution >= 0.6 is 11.8 Å². The first-order valence-electron chi connectivity index (χ1n) is 7.20. The molecule has 0 aromatic heterocycles. The minimum absolute atomic E-state index is 0.394. The number of nitrogens with one attached hydrogen (secondary N) is 1. The summed E-state index contributed by atoms with van der Waals surface area (Å²) in [6.07, 6.45) is 13.2. The van der Waals surface area contributed by atoms with Crippen LogP contribution < -0.4 is 5.32 Å². The predicted molar refractivity (Wildman–Crippen MR) is 75.6 cm³/mol. The second-order valence-corrected chi connectivity index (χ2v) is 7.01. The first-order valence-corrected chi connectivity index (χ1v) is 8.49. The monoisotopic (exact) mass is 257 g/mol. The van der Waals surface area contributed by atoms with E-state index in [2.05, 4.69) is 11.6 Å². The first-order chi connectivity index (χ1) is 8.22. The second-order valence-electron chi connectivity index (χ2n) is 5.88. The zero-order chi connectivity index (χ0) is 12.1. The van der Waals surface area contributed by atoms with Gasteiger partial charge in [-0.05, 0) is 44.8 Å². The van der Waals surface area contributed by atoms with Crippen LogP contribution in [0.15, 0.2) is 0 Å². The summed E-state index contributed by atoms with van der Waals surface area (Å²) in [5, 5.41) is 14.9. The van der Waals surface area contributed by atoms with Crippen molar-refractivity contribution >= 4 is 11.8 Å². The molecule has 3 heteroatoms. The number of rotatable bonds is 4. The van der Waals surface area contributed by atoms with Crippen molar-refractivity contribution in [1.82, 2.24) is 5.32 Å². The molecule has 2 saturated carbocycles. The van der Waals surface area contributed by atoms with Gasteiger partial charge in [0.25, 0.3) is 0 Å². The molecule has 2 aliphatic carbocycles. The van der Waals surface area contributed by atoms with E-state index in [4.69, 9.17) is 0 Å². The van der Waals surface area contributed by atoms with Crippen LogP contribution in [0, 0.1) is 0 Å². The van der Waals surface area contributed by atoms with Crippen LogP contribution in [-0.4, -0.2) is 34.8 Å². The van der Waals surface area contributed by atoms with Gasteiger partial charge in [0, 0.05) is 17.8 Å². The molecule has 0 atom stereocenters.